The van der Waals surface area contributed by atoms with Gasteiger partial charge in [0.05, 0.1) is 0 Å². The van der Waals surface area contributed by atoms with Crippen LogP contribution in [0.15, 0.2) is 20.8 Å². The van der Waals surface area contributed by atoms with Gasteiger partial charge in [0.1, 0.15) is 5.03 Å². The number of nitrogen functional groups attached to an aromatic ring is 1. The van der Waals surface area contributed by atoms with E-state index in [-0.39, 0.29) is 5.03 Å². The van der Waals surface area contributed by atoms with Gasteiger partial charge in [0.25, 0.3) is 0 Å². The van der Waals surface area contributed by atoms with Crippen LogP contribution >= 0.6 is 23.1 Å². The van der Waals surface area contributed by atoms with E-state index in [2.05, 4.69) is 15.0 Å². The molecule has 0 amide bonds. The van der Waals surface area contributed by atoms with E-state index in [1.54, 1.807) is 12.3 Å². The Balaban J connectivity index is 2.31. The number of aromatic nitrogens is 3. The summed E-state index contributed by atoms with van der Waals surface area (Å²) in [6, 6.07) is 0.859. The Hall–Kier alpha value is -1.35. The van der Waals surface area contributed by atoms with E-state index in [1.807, 2.05) is 0 Å². The molecule has 0 unspecified atom stereocenters. The molecule has 0 saturated heterocycles. The smallest absolute Gasteiger partial charge is 0.368 e. The number of nitrogens with zero attached hydrogens (tertiary/aromatic N) is 3. The molecule has 0 fully saturated rings. The van der Waals surface area contributed by atoms with Crippen molar-refractivity contribution in [3.63, 3.8) is 0 Å². The highest BCUT2D eigenvalue weighted by Gasteiger charge is 2.33. The highest BCUT2D eigenvalue weighted by molar-refractivity contribution is 8.01. The van der Waals surface area contributed by atoms with Gasteiger partial charge in [0.2, 0.25) is 5.95 Å². The lowest BCUT2D eigenvalue weighted by Crippen LogP contribution is -2.11. The number of halogens is 3. The largest absolute Gasteiger partial charge is 0.433 e. The molecule has 4 nitrogen and oxygen atoms in total. The van der Waals surface area contributed by atoms with Gasteiger partial charge in [-0.1, -0.05) is 0 Å². The average molecular weight is 292 g/mol. The maximum absolute atomic E-state index is 12.5. The lowest BCUT2D eigenvalue weighted by molar-refractivity contribution is -0.141. The van der Waals surface area contributed by atoms with Crippen LogP contribution in [0.2, 0.25) is 0 Å². The first-order valence-electron chi connectivity index (χ1n) is 4.66. The van der Waals surface area contributed by atoms with Crippen molar-refractivity contribution < 1.29 is 13.2 Å². The Morgan fingerprint density at radius 1 is 1.28 bits per heavy atom. The lowest BCUT2D eigenvalue weighted by Gasteiger charge is -2.07. The molecule has 0 saturated carbocycles. The van der Waals surface area contributed by atoms with E-state index in [0.717, 1.165) is 23.5 Å². The van der Waals surface area contributed by atoms with Crippen LogP contribution in [-0.4, -0.2) is 15.0 Å². The van der Waals surface area contributed by atoms with Crippen molar-refractivity contribution >= 4 is 29.0 Å². The van der Waals surface area contributed by atoms with Crippen molar-refractivity contribution in [3.05, 3.63) is 22.8 Å². The lowest BCUT2D eigenvalue weighted by atomic mass is 10.4. The molecule has 2 aromatic rings. The number of hydrogen-bond acceptors (Lipinski definition) is 6. The standard InChI is InChI=1S/C9H7F3N4S2/c1-4-3-17-8(14-4)18-6-2-5(9(10,11)12)15-7(13)16-6/h2-3H,1H3,(H2,13,15,16). The summed E-state index contributed by atoms with van der Waals surface area (Å²) in [5.74, 6) is -0.402. The first-order valence-corrected chi connectivity index (χ1v) is 6.36. The fraction of sp³-hybridized carbons (Fsp3) is 0.222. The fourth-order valence-electron chi connectivity index (χ4n) is 1.11. The molecular weight excluding hydrogens is 285 g/mol. The molecule has 9 heteroatoms. The van der Waals surface area contributed by atoms with Crippen LogP contribution in [0.5, 0.6) is 0 Å². The number of alkyl halides is 3. The first-order chi connectivity index (χ1) is 8.34. The van der Waals surface area contributed by atoms with Gasteiger partial charge in [-0.3, -0.25) is 0 Å². The molecule has 0 aromatic carbocycles. The molecular formula is C9H7F3N4S2. The zero-order valence-electron chi connectivity index (χ0n) is 9.02. The minimum absolute atomic E-state index is 0.129. The minimum atomic E-state index is -4.54. The summed E-state index contributed by atoms with van der Waals surface area (Å²) >= 11 is 2.36. The molecule has 0 aliphatic carbocycles. The van der Waals surface area contributed by atoms with Crippen molar-refractivity contribution in [1.29, 1.82) is 0 Å². The van der Waals surface area contributed by atoms with Gasteiger partial charge in [-0.05, 0) is 18.7 Å². The molecule has 0 atom stereocenters. The Kier molecular flexibility index (Phi) is 3.44. The zero-order chi connectivity index (χ0) is 13.3. The Bertz CT molecular complexity index is 567. The average Bonchev–Trinajstić information content (AvgIpc) is 2.61. The number of thiazole rings is 1. The van der Waals surface area contributed by atoms with Crippen LogP contribution in [0.4, 0.5) is 19.1 Å². The first kappa shape index (κ1) is 13.1. The summed E-state index contributed by atoms with van der Waals surface area (Å²) in [4.78, 5) is 11.0. The van der Waals surface area contributed by atoms with E-state index in [0.29, 0.717) is 4.34 Å². The normalized spacial score (nSPS) is 11.8. The highest BCUT2D eigenvalue weighted by atomic mass is 32.2. The van der Waals surface area contributed by atoms with Crippen LogP contribution in [0.3, 0.4) is 0 Å². The Labute approximate surface area is 108 Å². The van der Waals surface area contributed by atoms with E-state index in [1.165, 1.54) is 11.3 Å². The molecule has 0 aliphatic heterocycles. The third-order valence-corrected chi connectivity index (χ3v) is 3.77. The monoisotopic (exact) mass is 292 g/mol. The van der Waals surface area contributed by atoms with Gasteiger partial charge in [-0.15, -0.1) is 11.3 Å². The molecule has 0 radical (unpaired) electrons. The fourth-order valence-corrected chi connectivity index (χ4v) is 2.90. The molecule has 0 spiro atoms. The quantitative estimate of drug-likeness (QED) is 0.862. The molecule has 2 rings (SSSR count). The predicted molar refractivity (Wildman–Crippen MR) is 62.4 cm³/mol. The number of anilines is 1. The molecule has 96 valence electrons. The number of nitrogens with two attached hydrogens (primary N) is 1. The predicted octanol–water partition coefficient (Wildman–Crippen LogP) is 2.99. The summed E-state index contributed by atoms with van der Waals surface area (Å²) in [5.41, 5.74) is 5.02. The SMILES string of the molecule is Cc1csc(Sc2cc(C(F)(F)F)nc(N)n2)n1. The number of hydrogen-bond donors (Lipinski definition) is 1. The number of aryl methyl sites for hydroxylation is 1. The van der Waals surface area contributed by atoms with Crippen molar-refractivity contribution in [2.24, 2.45) is 0 Å². The minimum Gasteiger partial charge on any atom is -0.368 e. The van der Waals surface area contributed by atoms with E-state index in [9.17, 15) is 13.2 Å². The summed E-state index contributed by atoms with van der Waals surface area (Å²) in [6.07, 6.45) is -4.54. The second kappa shape index (κ2) is 4.73. The third kappa shape index (κ3) is 3.10. The summed E-state index contributed by atoms with van der Waals surface area (Å²) < 4.78 is 38.2. The van der Waals surface area contributed by atoms with Crippen LogP contribution < -0.4 is 5.73 Å². The summed E-state index contributed by atoms with van der Waals surface area (Å²) in [5, 5.41) is 1.93. The molecule has 2 heterocycles. The molecule has 2 aromatic heterocycles. The van der Waals surface area contributed by atoms with Crippen molar-refractivity contribution in [3.8, 4) is 0 Å². The molecule has 0 bridgehead atoms. The molecule has 2 N–H and O–H groups in total. The molecule has 0 aliphatic rings. The van der Waals surface area contributed by atoms with E-state index in [4.69, 9.17) is 5.73 Å². The van der Waals surface area contributed by atoms with Gasteiger partial charge in [0, 0.05) is 17.1 Å². The molecule has 18 heavy (non-hydrogen) atoms. The van der Waals surface area contributed by atoms with Gasteiger partial charge in [-0.2, -0.15) is 13.2 Å². The maximum Gasteiger partial charge on any atom is 0.433 e. The summed E-state index contributed by atoms with van der Waals surface area (Å²) in [6.45, 7) is 1.80. The van der Waals surface area contributed by atoms with Crippen molar-refractivity contribution in [1.82, 2.24) is 15.0 Å². The topological polar surface area (TPSA) is 64.7 Å². The van der Waals surface area contributed by atoms with Gasteiger partial charge >= 0.3 is 6.18 Å². The third-order valence-electron chi connectivity index (χ3n) is 1.80. The summed E-state index contributed by atoms with van der Waals surface area (Å²) in [7, 11) is 0. The maximum atomic E-state index is 12.5. The number of rotatable bonds is 2. The van der Waals surface area contributed by atoms with Crippen molar-refractivity contribution in [2.75, 3.05) is 5.73 Å². The van der Waals surface area contributed by atoms with Crippen LogP contribution in [-0.2, 0) is 6.18 Å². The van der Waals surface area contributed by atoms with E-state index < -0.39 is 17.8 Å². The van der Waals surface area contributed by atoms with Crippen LogP contribution in [0.25, 0.3) is 0 Å². The second-order valence-electron chi connectivity index (χ2n) is 3.30. The van der Waals surface area contributed by atoms with Gasteiger partial charge in [0.15, 0.2) is 10.0 Å². The van der Waals surface area contributed by atoms with Gasteiger partial charge < -0.3 is 5.73 Å². The Morgan fingerprint density at radius 3 is 2.56 bits per heavy atom. The van der Waals surface area contributed by atoms with E-state index >= 15 is 0 Å². The second-order valence-corrected chi connectivity index (χ2v) is 5.43. The Morgan fingerprint density at radius 2 is 2.00 bits per heavy atom. The zero-order valence-corrected chi connectivity index (χ0v) is 10.7. The highest BCUT2D eigenvalue weighted by Crippen LogP contribution is 2.33. The van der Waals surface area contributed by atoms with Crippen molar-refractivity contribution in [2.45, 2.75) is 22.5 Å². The van der Waals surface area contributed by atoms with Crippen LogP contribution in [0, 0.1) is 6.92 Å². The van der Waals surface area contributed by atoms with Crippen LogP contribution in [0.1, 0.15) is 11.4 Å². The van der Waals surface area contributed by atoms with Gasteiger partial charge in [-0.25, -0.2) is 15.0 Å².